The zero-order chi connectivity index (χ0) is 16.2. The van der Waals surface area contributed by atoms with Crippen LogP contribution < -0.4 is 9.61 Å². The fraction of sp³-hybridized carbons (Fsp3) is 0.333. The van der Waals surface area contributed by atoms with Gasteiger partial charge in [0.05, 0.1) is 13.2 Å². The molecule has 118 valence electrons. The molecule has 0 heterocycles. The van der Waals surface area contributed by atoms with E-state index in [2.05, 4.69) is 32.9 Å². The molecule has 0 fully saturated rings. The first kappa shape index (κ1) is 16.7. The highest BCUT2D eigenvalue weighted by atomic mass is 28.2. The van der Waals surface area contributed by atoms with E-state index >= 15 is 0 Å². The van der Waals surface area contributed by atoms with Crippen molar-refractivity contribution in [3.05, 3.63) is 59.2 Å². The average Bonchev–Trinajstić information content (AvgIpc) is 2.52. The Bertz CT molecular complexity index is 618. The lowest BCUT2D eigenvalue weighted by Gasteiger charge is -2.26. The van der Waals surface area contributed by atoms with Crippen LogP contribution in [0.1, 0.15) is 37.5 Å². The van der Waals surface area contributed by atoms with E-state index in [0.29, 0.717) is 0 Å². The van der Waals surface area contributed by atoms with Crippen molar-refractivity contribution in [2.75, 3.05) is 0 Å². The molecule has 4 heteroatoms. The lowest BCUT2D eigenvalue weighted by molar-refractivity contribution is 0.272. The van der Waals surface area contributed by atoms with Crippen LogP contribution in [0.2, 0.25) is 0 Å². The molecule has 2 N–H and O–H groups in total. The maximum Gasteiger partial charge on any atom is 0.251 e. The third kappa shape index (κ3) is 3.97. The zero-order valence-electron chi connectivity index (χ0n) is 13.5. The summed E-state index contributed by atoms with van der Waals surface area (Å²) in [6.45, 7) is 6.21. The van der Waals surface area contributed by atoms with E-state index in [9.17, 15) is 10.2 Å². The van der Waals surface area contributed by atoms with E-state index in [4.69, 9.17) is 4.43 Å². The van der Waals surface area contributed by atoms with E-state index in [1.54, 1.807) is 0 Å². The highest BCUT2D eigenvalue weighted by molar-refractivity contribution is 6.47. The smallest absolute Gasteiger partial charge is 0.251 e. The van der Waals surface area contributed by atoms with Crippen LogP contribution in [0, 0.1) is 0 Å². The van der Waals surface area contributed by atoms with Crippen molar-refractivity contribution in [1.29, 1.82) is 0 Å². The predicted octanol–water partition coefficient (Wildman–Crippen LogP) is 1.76. The maximum atomic E-state index is 9.68. The van der Waals surface area contributed by atoms with Crippen molar-refractivity contribution in [3.8, 4) is 5.75 Å². The second-order valence-corrected chi connectivity index (χ2v) is 7.87. The minimum atomic E-state index is -0.912. The summed E-state index contributed by atoms with van der Waals surface area (Å²) < 4.78 is 6.17. The molecule has 0 saturated carbocycles. The average molecular weight is 316 g/mol. The summed E-state index contributed by atoms with van der Waals surface area (Å²) in [4.78, 5) is 0. The molecule has 0 radical (unpaired) electrons. The molecule has 2 aromatic carbocycles. The van der Waals surface area contributed by atoms with Crippen molar-refractivity contribution < 1.29 is 14.6 Å². The van der Waals surface area contributed by atoms with Crippen LogP contribution in [-0.4, -0.2) is 20.0 Å². The molecule has 0 amide bonds. The Kier molecular flexibility index (Phi) is 5.40. The Morgan fingerprint density at radius 2 is 1.68 bits per heavy atom. The highest BCUT2D eigenvalue weighted by Crippen LogP contribution is 2.35. The lowest BCUT2D eigenvalue weighted by atomic mass is 9.84. The van der Waals surface area contributed by atoms with E-state index in [1.807, 2.05) is 30.3 Å². The Balaban J connectivity index is 2.39. The van der Waals surface area contributed by atoms with Crippen LogP contribution in [0.3, 0.4) is 0 Å². The summed E-state index contributed by atoms with van der Waals surface area (Å²) in [5, 5.41) is 20.3. The fourth-order valence-corrected chi connectivity index (χ4v) is 3.54. The molecule has 0 spiro atoms. The maximum absolute atomic E-state index is 9.68. The molecule has 3 nitrogen and oxygen atoms in total. The van der Waals surface area contributed by atoms with Crippen LogP contribution in [0.15, 0.2) is 42.5 Å². The van der Waals surface area contributed by atoms with Crippen molar-refractivity contribution >= 4 is 14.9 Å². The molecule has 0 unspecified atom stereocenters. The van der Waals surface area contributed by atoms with Gasteiger partial charge in [-0.3, -0.25) is 0 Å². The molecular weight excluding hydrogens is 292 g/mol. The van der Waals surface area contributed by atoms with Gasteiger partial charge < -0.3 is 14.6 Å². The molecule has 0 aliphatic carbocycles. The van der Waals surface area contributed by atoms with Gasteiger partial charge in [-0.2, -0.15) is 0 Å². The topological polar surface area (TPSA) is 49.7 Å². The Morgan fingerprint density at radius 1 is 1.00 bits per heavy atom. The molecule has 0 atom stereocenters. The molecule has 0 aliphatic heterocycles. The number of aliphatic hydroxyl groups excluding tert-OH is 2. The molecule has 2 rings (SSSR count). The summed E-state index contributed by atoms with van der Waals surface area (Å²) >= 11 is 0. The second kappa shape index (κ2) is 7.09. The van der Waals surface area contributed by atoms with Gasteiger partial charge in [0.1, 0.15) is 5.75 Å². The van der Waals surface area contributed by atoms with Gasteiger partial charge in [-0.05, 0) is 33.9 Å². The van der Waals surface area contributed by atoms with Gasteiger partial charge in [-0.1, -0.05) is 51.1 Å². The van der Waals surface area contributed by atoms with E-state index < -0.39 is 9.76 Å². The van der Waals surface area contributed by atoms with Gasteiger partial charge in [0.15, 0.2) is 0 Å². The summed E-state index contributed by atoms with van der Waals surface area (Å²) in [6, 6.07) is 14.0. The summed E-state index contributed by atoms with van der Waals surface area (Å²) in [5.74, 6) is 0.780. The largest absolute Gasteiger partial charge is 0.544 e. The summed E-state index contributed by atoms with van der Waals surface area (Å²) in [6.07, 6.45) is 0. The van der Waals surface area contributed by atoms with Crippen LogP contribution in [0.25, 0.3) is 0 Å². The SMILES string of the molecule is CC(C)(C)c1cc(CO)cc(CO)c1O[SiH2]c1ccccc1. The van der Waals surface area contributed by atoms with E-state index in [0.717, 1.165) is 22.4 Å². The quantitative estimate of drug-likeness (QED) is 0.827. The first-order valence-corrected chi connectivity index (χ1v) is 8.79. The van der Waals surface area contributed by atoms with Gasteiger partial charge in [0.2, 0.25) is 0 Å². The molecule has 0 saturated heterocycles. The van der Waals surface area contributed by atoms with Gasteiger partial charge in [-0.15, -0.1) is 0 Å². The van der Waals surface area contributed by atoms with Crippen LogP contribution in [0.5, 0.6) is 5.75 Å². The number of aliphatic hydroxyl groups is 2. The van der Waals surface area contributed by atoms with Gasteiger partial charge in [-0.25, -0.2) is 0 Å². The Hall–Kier alpha value is -1.62. The monoisotopic (exact) mass is 316 g/mol. The van der Waals surface area contributed by atoms with Crippen LogP contribution in [-0.2, 0) is 18.6 Å². The minimum absolute atomic E-state index is 0.0352. The molecule has 0 aliphatic rings. The van der Waals surface area contributed by atoms with Crippen LogP contribution >= 0.6 is 0 Å². The van der Waals surface area contributed by atoms with Crippen molar-refractivity contribution in [2.24, 2.45) is 0 Å². The van der Waals surface area contributed by atoms with Crippen molar-refractivity contribution in [2.45, 2.75) is 39.4 Å². The molecule has 22 heavy (non-hydrogen) atoms. The molecular formula is C18H24O3Si. The highest BCUT2D eigenvalue weighted by Gasteiger charge is 2.22. The van der Waals surface area contributed by atoms with E-state index in [1.165, 1.54) is 5.19 Å². The third-order valence-corrected chi connectivity index (χ3v) is 4.85. The van der Waals surface area contributed by atoms with Crippen molar-refractivity contribution in [3.63, 3.8) is 0 Å². The number of benzene rings is 2. The summed E-state index contributed by atoms with van der Waals surface area (Å²) in [5.41, 5.74) is 2.48. The van der Waals surface area contributed by atoms with Crippen LogP contribution in [0.4, 0.5) is 0 Å². The van der Waals surface area contributed by atoms with Crippen molar-refractivity contribution in [1.82, 2.24) is 0 Å². The zero-order valence-corrected chi connectivity index (χ0v) is 14.9. The lowest BCUT2D eigenvalue weighted by Crippen LogP contribution is -2.23. The summed E-state index contributed by atoms with van der Waals surface area (Å²) in [7, 11) is -0.912. The second-order valence-electron chi connectivity index (χ2n) is 6.47. The predicted molar refractivity (Wildman–Crippen MR) is 92.2 cm³/mol. The van der Waals surface area contributed by atoms with E-state index in [-0.39, 0.29) is 18.6 Å². The number of hydrogen-bond acceptors (Lipinski definition) is 3. The van der Waals surface area contributed by atoms with Gasteiger partial charge in [0.25, 0.3) is 9.76 Å². The third-order valence-electron chi connectivity index (χ3n) is 3.61. The first-order chi connectivity index (χ1) is 10.5. The Labute approximate surface area is 134 Å². The Morgan fingerprint density at radius 3 is 2.23 bits per heavy atom. The minimum Gasteiger partial charge on any atom is -0.544 e. The first-order valence-electron chi connectivity index (χ1n) is 7.50. The normalized spacial score (nSPS) is 12.0. The fourth-order valence-electron chi connectivity index (χ4n) is 2.42. The molecule has 2 aromatic rings. The standard InChI is InChI=1S/C18H24O3Si/c1-18(2,3)16-10-13(11-19)9-14(12-20)17(16)21-22-15-7-5-4-6-8-15/h4-10,19-20H,11-12,22H2,1-3H3. The molecule has 0 aromatic heterocycles. The molecule has 0 bridgehead atoms. The number of hydrogen-bond donors (Lipinski definition) is 2. The number of rotatable bonds is 5. The van der Waals surface area contributed by atoms with Gasteiger partial charge >= 0.3 is 0 Å². The van der Waals surface area contributed by atoms with Gasteiger partial charge in [0, 0.05) is 5.56 Å².